The van der Waals surface area contributed by atoms with Crippen molar-refractivity contribution in [3.05, 3.63) is 47.5 Å². The van der Waals surface area contributed by atoms with Gasteiger partial charge in [-0.05, 0) is 12.1 Å². The highest BCUT2D eigenvalue weighted by Crippen LogP contribution is 2.53. The van der Waals surface area contributed by atoms with E-state index in [4.69, 9.17) is 18.9 Å². The van der Waals surface area contributed by atoms with Crippen molar-refractivity contribution in [2.75, 3.05) is 28.4 Å². The summed E-state index contributed by atoms with van der Waals surface area (Å²) in [5.74, 6) is 2.15. The number of benzene rings is 3. The second-order valence-electron chi connectivity index (χ2n) is 5.94. The number of ether oxygens (including phenoxy) is 4. The van der Waals surface area contributed by atoms with E-state index in [-0.39, 0.29) is 5.78 Å². The number of carbonyl (C=O) groups excluding carboxylic acids is 1. The maximum Gasteiger partial charge on any atom is 0.198 e. The summed E-state index contributed by atoms with van der Waals surface area (Å²) in [5.41, 5.74) is 2.53. The van der Waals surface area contributed by atoms with Crippen LogP contribution in [-0.4, -0.2) is 34.2 Å². The Labute approximate surface area is 151 Å². The molecule has 132 valence electrons. The summed E-state index contributed by atoms with van der Waals surface area (Å²) in [4.78, 5) is 13.2. The van der Waals surface area contributed by atoms with Crippen molar-refractivity contribution in [1.82, 2.24) is 0 Å². The average Bonchev–Trinajstić information content (AvgIpc) is 2.97. The van der Waals surface area contributed by atoms with Crippen LogP contribution in [0.15, 0.2) is 36.4 Å². The molecule has 0 saturated carbocycles. The van der Waals surface area contributed by atoms with Crippen LogP contribution in [0.25, 0.3) is 21.9 Å². The Bertz CT molecular complexity index is 1050. The smallest absolute Gasteiger partial charge is 0.198 e. The van der Waals surface area contributed by atoms with Crippen molar-refractivity contribution in [2.24, 2.45) is 0 Å². The van der Waals surface area contributed by atoms with E-state index < -0.39 is 0 Å². The van der Waals surface area contributed by atoms with E-state index in [1.165, 1.54) is 0 Å². The van der Waals surface area contributed by atoms with E-state index in [0.29, 0.717) is 34.1 Å². The van der Waals surface area contributed by atoms with E-state index in [1.54, 1.807) is 34.5 Å². The first-order valence-electron chi connectivity index (χ1n) is 8.14. The second-order valence-corrected chi connectivity index (χ2v) is 5.94. The SMILES string of the molecule is COc1cc2c(cc1OC)-c1c(c(OC)c3ccccc3c1OC)C2=O. The van der Waals surface area contributed by atoms with E-state index >= 15 is 0 Å². The van der Waals surface area contributed by atoms with Gasteiger partial charge in [-0.25, -0.2) is 0 Å². The fourth-order valence-corrected chi connectivity index (χ4v) is 3.68. The van der Waals surface area contributed by atoms with E-state index in [9.17, 15) is 4.79 Å². The molecule has 0 aliphatic heterocycles. The third-order valence-electron chi connectivity index (χ3n) is 4.79. The first-order chi connectivity index (χ1) is 12.7. The average molecular weight is 350 g/mol. The maximum absolute atomic E-state index is 13.2. The Hall–Kier alpha value is -3.21. The van der Waals surface area contributed by atoms with Crippen LogP contribution in [0.5, 0.6) is 23.0 Å². The highest BCUT2D eigenvalue weighted by atomic mass is 16.5. The van der Waals surface area contributed by atoms with Crippen molar-refractivity contribution >= 4 is 16.6 Å². The van der Waals surface area contributed by atoms with Gasteiger partial charge in [0.15, 0.2) is 17.3 Å². The van der Waals surface area contributed by atoms with Gasteiger partial charge in [0.1, 0.15) is 11.5 Å². The summed E-state index contributed by atoms with van der Waals surface area (Å²) in [6.07, 6.45) is 0. The minimum atomic E-state index is -0.114. The lowest BCUT2D eigenvalue weighted by Gasteiger charge is -2.16. The molecule has 0 radical (unpaired) electrons. The molecule has 26 heavy (non-hydrogen) atoms. The Balaban J connectivity index is 2.17. The van der Waals surface area contributed by atoms with E-state index in [1.807, 2.05) is 30.3 Å². The number of hydrogen-bond acceptors (Lipinski definition) is 5. The largest absolute Gasteiger partial charge is 0.495 e. The molecule has 0 bridgehead atoms. The van der Waals surface area contributed by atoms with Gasteiger partial charge >= 0.3 is 0 Å². The van der Waals surface area contributed by atoms with Crippen molar-refractivity contribution < 1.29 is 23.7 Å². The second kappa shape index (κ2) is 5.95. The molecule has 0 spiro atoms. The molecule has 0 aromatic heterocycles. The molecule has 1 aliphatic carbocycles. The fraction of sp³-hybridized carbons (Fsp3) is 0.190. The first-order valence-corrected chi connectivity index (χ1v) is 8.14. The Morgan fingerprint density at radius 1 is 0.654 bits per heavy atom. The van der Waals surface area contributed by atoms with E-state index in [0.717, 1.165) is 21.9 Å². The van der Waals surface area contributed by atoms with Crippen LogP contribution in [0.1, 0.15) is 15.9 Å². The lowest BCUT2D eigenvalue weighted by molar-refractivity contribution is 0.104. The zero-order chi connectivity index (χ0) is 18.4. The van der Waals surface area contributed by atoms with Crippen molar-refractivity contribution in [2.45, 2.75) is 0 Å². The van der Waals surface area contributed by atoms with Gasteiger partial charge in [0, 0.05) is 27.5 Å². The zero-order valence-corrected chi connectivity index (χ0v) is 15.0. The van der Waals surface area contributed by atoms with Gasteiger partial charge in [0.25, 0.3) is 0 Å². The van der Waals surface area contributed by atoms with Gasteiger partial charge in [0.05, 0.1) is 34.0 Å². The molecule has 3 aromatic rings. The van der Waals surface area contributed by atoms with Gasteiger partial charge in [-0.2, -0.15) is 0 Å². The van der Waals surface area contributed by atoms with Crippen molar-refractivity contribution in [3.8, 4) is 34.1 Å². The standard InChI is InChI=1S/C21H18O5/c1-23-15-9-13-14(10-16(15)24-2)19(22)18-17(13)20(25-3)11-7-5-6-8-12(11)21(18)26-4/h5-10H,1-4H3. The van der Waals surface area contributed by atoms with Gasteiger partial charge in [0.2, 0.25) is 0 Å². The summed E-state index contributed by atoms with van der Waals surface area (Å²) in [6.45, 7) is 0. The molecular weight excluding hydrogens is 332 g/mol. The van der Waals surface area contributed by atoms with Crippen LogP contribution in [0.4, 0.5) is 0 Å². The van der Waals surface area contributed by atoms with E-state index in [2.05, 4.69) is 0 Å². The number of ketones is 1. The number of hydrogen-bond donors (Lipinski definition) is 0. The predicted octanol–water partition coefficient (Wildman–Crippen LogP) is 4.09. The highest BCUT2D eigenvalue weighted by molar-refractivity contribution is 6.27. The number of rotatable bonds is 4. The molecule has 5 nitrogen and oxygen atoms in total. The number of methoxy groups -OCH3 is 4. The summed E-state index contributed by atoms with van der Waals surface area (Å²) in [6, 6.07) is 11.3. The van der Waals surface area contributed by atoms with Crippen LogP contribution in [-0.2, 0) is 0 Å². The molecule has 3 aromatic carbocycles. The Morgan fingerprint density at radius 3 is 1.65 bits per heavy atom. The molecular formula is C21H18O5. The van der Waals surface area contributed by atoms with Crippen LogP contribution in [0.3, 0.4) is 0 Å². The quantitative estimate of drug-likeness (QED) is 0.555. The Kier molecular flexibility index (Phi) is 3.72. The molecule has 0 N–H and O–H groups in total. The highest BCUT2D eigenvalue weighted by Gasteiger charge is 2.36. The maximum atomic E-state index is 13.2. The minimum absolute atomic E-state index is 0.114. The minimum Gasteiger partial charge on any atom is -0.495 e. The molecule has 0 unspecified atom stereocenters. The zero-order valence-electron chi connectivity index (χ0n) is 15.0. The molecule has 0 atom stereocenters. The summed E-state index contributed by atoms with van der Waals surface area (Å²) >= 11 is 0. The van der Waals surface area contributed by atoms with Crippen LogP contribution < -0.4 is 18.9 Å². The van der Waals surface area contributed by atoms with Crippen LogP contribution in [0.2, 0.25) is 0 Å². The van der Waals surface area contributed by atoms with Crippen molar-refractivity contribution in [1.29, 1.82) is 0 Å². The van der Waals surface area contributed by atoms with Crippen molar-refractivity contribution in [3.63, 3.8) is 0 Å². The molecule has 1 aliphatic rings. The summed E-state index contributed by atoms with van der Waals surface area (Å²) in [7, 11) is 6.30. The molecule has 0 heterocycles. The first kappa shape index (κ1) is 16.3. The molecule has 5 heteroatoms. The van der Waals surface area contributed by atoms with Gasteiger partial charge in [-0.1, -0.05) is 24.3 Å². The third kappa shape index (κ3) is 2.00. The number of carbonyl (C=O) groups is 1. The fourth-order valence-electron chi connectivity index (χ4n) is 3.68. The lowest BCUT2D eigenvalue weighted by Crippen LogP contribution is -2.01. The third-order valence-corrected chi connectivity index (χ3v) is 4.79. The van der Waals surface area contributed by atoms with Crippen LogP contribution >= 0.6 is 0 Å². The predicted molar refractivity (Wildman–Crippen MR) is 99.0 cm³/mol. The van der Waals surface area contributed by atoms with Crippen LogP contribution in [0, 0.1) is 0 Å². The Morgan fingerprint density at radius 2 is 1.15 bits per heavy atom. The summed E-state index contributed by atoms with van der Waals surface area (Å²) < 4.78 is 22.2. The van der Waals surface area contributed by atoms with Gasteiger partial charge in [-0.3, -0.25) is 4.79 Å². The monoisotopic (exact) mass is 350 g/mol. The van der Waals surface area contributed by atoms with Gasteiger partial charge < -0.3 is 18.9 Å². The topological polar surface area (TPSA) is 54.0 Å². The number of fused-ring (bicyclic) bond motifs is 4. The molecule has 4 rings (SSSR count). The molecule has 0 fully saturated rings. The van der Waals surface area contributed by atoms with Gasteiger partial charge in [-0.15, -0.1) is 0 Å². The normalized spacial score (nSPS) is 11.9. The summed E-state index contributed by atoms with van der Waals surface area (Å²) in [5, 5.41) is 1.73. The molecule has 0 saturated heterocycles. The lowest BCUT2D eigenvalue weighted by atomic mass is 9.97. The molecule has 0 amide bonds.